The predicted octanol–water partition coefficient (Wildman–Crippen LogP) is 3.46. The standard InChI is InChI=1S/C15H23ClN2/c1-11-5-4-8-18(12(11)2)15(10-17)13-6-3-7-14(16)9-13/h3,6-7,9,11-12,15H,4-5,8,10,17H2,1-2H3. The van der Waals surface area contributed by atoms with Gasteiger partial charge in [-0.1, -0.05) is 30.7 Å². The number of nitrogens with two attached hydrogens (primary N) is 1. The maximum atomic E-state index is 6.09. The average molecular weight is 267 g/mol. The van der Waals surface area contributed by atoms with Gasteiger partial charge < -0.3 is 5.73 Å². The van der Waals surface area contributed by atoms with Crippen molar-refractivity contribution in [3.05, 3.63) is 34.9 Å². The van der Waals surface area contributed by atoms with Gasteiger partial charge in [0.15, 0.2) is 0 Å². The largest absolute Gasteiger partial charge is 0.329 e. The SMILES string of the molecule is CC1CCCN(C(CN)c2cccc(Cl)c2)C1C. The summed E-state index contributed by atoms with van der Waals surface area (Å²) in [6.45, 7) is 6.44. The maximum Gasteiger partial charge on any atom is 0.0473 e. The fourth-order valence-corrected chi connectivity index (χ4v) is 3.18. The molecule has 18 heavy (non-hydrogen) atoms. The molecule has 0 spiro atoms. The lowest BCUT2D eigenvalue weighted by Crippen LogP contribution is -2.46. The summed E-state index contributed by atoms with van der Waals surface area (Å²) in [5, 5.41) is 0.795. The minimum Gasteiger partial charge on any atom is -0.329 e. The van der Waals surface area contributed by atoms with Crippen LogP contribution in [0.15, 0.2) is 24.3 Å². The van der Waals surface area contributed by atoms with E-state index < -0.39 is 0 Å². The summed E-state index contributed by atoms with van der Waals surface area (Å²) >= 11 is 6.09. The van der Waals surface area contributed by atoms with Crippen LogP contribution in [-0.4, -0.2) is 24.0 Å². The van der Waals surface area contributed by atoms with Crippen molar-refractivity contribution in [2.75, 3.05) is 13.1 Å². The van der Waals surface area contributed by atoms with Crippen molar-refractivity contribution in [1.29, 1.82) is 0 Å². The van der Waals surface area contributed by atoms with Crippen LogP contribution in [0.1, 0.15) is 38.3 Å². The first-order valence-corrected chi connectivity index (χ1v) is 7.22. The quantitative estimate of drug-likeness (QED) is 0.908. The molecule has 1 aromatic rings. The molecular weight excluding hydrogens is 244 g/mol. The first kappa shape index (κ1) is 13.9. The molecule has 0 saturated carbocycles. The average Bonchev–Trinajstić information content (AvgIpc) is 2.35. The Morgan fingerprint density at radius 2 is 2.22 bits per heavy atom. The Bertz CT molecular complexity index is 394. The van der Waals surface area contributed by atoms with Crippen LogP contribution in [0.2, 0.25) is 5.02 Å². The zero-order valence-electron chi connectivity index (χ0n) is 11.3. The van der Waals surface area contributed by atoms with Crippen LogP contribution < -0.4 is 5.73 Å². The molecule has 3 atom stereocenters. The van der Waals surface area contributed by atoms with Crippen molar-refractivity contribution in [1.82, 2.24) is 4.90 Å². The summed E-state index contributed by atoms with van der Waals surface area (Å²) in [4.78, 5) is 2.54. The van der Waals surface area contributed by atoms with E-state index in [9.17, 15) is 0 Å². The van der Waals surface area contributed by atoms with Crippen LogP contribution >= 0.6 is 11.6 Å². The van der Waals surface area contributed by atoms with Crippen molar-refractivity contribution in [3.63, 3.8) is 0 Å². The number of benzene rings is 1. The van der Waals surface area contributed by atoms with Crippen LogP contribution in [0.3, 0.4) is 0 Å². The number of rotatable bonds is 3. The lowest BCUT2D eigenvalue weighted by Gasteiger charge is -2.42. The zero-order chi connectivity index (χ0) is 13.1. The third kappa shape index (κ3) is 2.87. The van der Waals surface area contributed by atoms with Crippen LogP contribution in [0.25, 0.3) is 0 Å². The van der Waals surface area contributed by atoms with Crippen molar-refractivity contribution >= 4 is 11.6 Å². The minimum absolute atomic E-state index is 0.293. The molecule has 100 valence electrons. The van der Waals surface area contributed by atoms with Gasteiger partial charge in [-0.25, -0.2) is 0 Å². The molecule has 2 rings (SSSR count). The lowest BCUT2D eigenvalue weighted by atomic mass is 9.89. The number of hydrogen-bond donors (Lipinski definition) is 1. The van der Waals surface area contributed by atoms with Crippen LogP contribution in [0, 0.1) is 5.92 Å². The van der Waals surface area contributed by atoms with Gasteiger partial charge in [0.2, 0.25) is 0 Å². The molecule has 3 unspecified atom stereocenters. The van der Waals surface area contributed by atoms with Gasteiger partial charge >= 0.3 is 0 Å². The van der Waals surface area contributed by atoms with E-state index in [4.69, 9.17) is 17.3 Å². The molecule has 2 N–H and O–H groups in total. The van der Waals surface area contributed by atoms with Crippen molar-refractivity contribution in [2.45, 2.75) is 38.8 Å². The molecule has 1 fully saturated rings. The second-order valence-electron chi connectivity index (χ2n) is 5.40. The Morgan fingerprint density at radius 1 is 1.44 bits per heavy atom. The Hall–Kier alpha value is -0.570. The molecular formula is C15H23ClN2. The molecule has 1 aliphatic rings. The number of likely N-dealkylation sites (tertiary alicyclic amines) is 1. The summed E-state index contributed by atoms with van der Waals surface area (Å²) in [6.07, 6.45) is 2.59. The Balaban J connectivity index is 2.22. The molecule has 0 aromatic heterocycles. The van der Waals surface area contributed by atoms with Gasteiger partial charge in [-0.2, -0.15) is 0 Å². The third-order valence-corrected chi connectivity index (χ3v) is 4.51. The van der Waals surface area contributed by atoms with Gasteiger partial charge in [0.05, 0.1) is 0 Å². The van der Waals surface area contributed by atoms with Crippen molar-refractivity contribution in [3.8, 4) is 0 Å². The fourth-order valence-electron chi connectivity index (χ4n) is 2.98. The van der Waals surface area contributed by atoms with Gasteiger partial charge in [0, 0.05) is 23.7 Å². The number of halogens is 1. The van der Waals surface area contributed by atoms with Crippen LogP contribution in [0.4, 0.5) is 0 Å². The summed E-state index contributed by atoms with van der Waals surface area (Å²) in [6, 6.07) is 8.99. The van der Waals surface area contributed by atoms with Gasteiger partial charge in [-0.15, -0.1) is 0 Å². The molecule has 0 amide bonds. The van der Waals surface area contributed by atoms with Gasteiger partial charge in [0.1, 0.15) is 0 Å². The van der Waals surface area contributed by atoms with Gasteiger partial charge in [0.25, 0.3) is 0 Å². The Kier molecular flexibility index (Phi) is 4.66. The topological polar surface area (TPSA) is 29.3 Å². The van der Waals surface area contributed by atoms with Crippen molar-refractivity contribution < 1.29 is 0 Å². The van der Waals surface area contributed by atoms with E-state index in [-0.39, 0.29) is 0 Å². The molecule has 1 aromatic carbocycles. The van der Waals surface area contributed by atoms with E-state index in [0.29, 0.717) is 18.6 Å². The van der Waals surface area contributed by atoms with E-state index in [1.54, 1.807) is 0 Å². The number of nitrogens with zero attached hydrogens (tertiary/aromatic N) is 1. The van der Waals surface area contributed by atoms with Crippen LogP contribution in [0.5, 0.6) is 0 Å². The number of hydrogen-bond acceptors (Lipinski definition) is 2. The second-order valence-corrected chi connectivity index (χ2v) is 5.84. The molecule has 0 bridgehead atoms. The molecule has 1 saturated heterocycles. The zero-order valence-corrected chi connectivity index (χ0v) is 12.0. The highest BCUT2D eigenvalue weighted by atomic mass is 35.5. The molecule has 0 radical (unpaired) electrons. The summed E-state index contributed by atoms with van der Waals surface area (Å²) in [5.74, 6) is 0.743. The van der Waals surface area contributed by atoms with Crippen LogP contribution in [-0.2, 0) is 0 Å². The second kappa shape index (κ2) is 6.05. The third-order valence-electron chi connectivity index (χ3n) is 4.28. The Labute approximate surface area is 115 Å². The van der Waals surface area contributed by atoms with Gasteiger partial charge in [-0.3, -0.25) is 4.90 Å². The smallest absolute Gasteiger partial charge is 0.0473 e. The molecule has 1 aliphatic heterocycles. The highest BCUT2D eigenvalue weighted by Crippen LogP contribution is 2.31. The first-order valence-electron chi connectivity index (χ1n) is 6.84. The van der Waals surface area contributed by atoms with E-state index in [0.717, 1.165) is 17.5 Å². The number of piperidine rings is 1. The summed E-state index contributed by atoms with van der Waals surface area (Å²) < 4.78 is 0. The molecule has 2 nitrogen and oxygen atoms in total. The molecule has 3 heteroatoms. The minimum atomic E-state index is 0.293. The highest BCUT2D eigenvalue weighted by molar-refractivity contribution is 6.30. The Morgan fingerprint density at radius 3 is 2.89 bits per heavy atom. The molecule has 1 heterocycles. The fraction of sp³-hybridized carbons (Fsp3) is 0.600. The van der Waals surface area contributed by atoms with Gasteiger partial charge in [-0.05, 0) is 49.9 Å². The molecule has 0 aliphatic carbocycles. The van der Waals surface area contributed by atoms with E-state index in [1.165, 1.54) is 18.4 Å². The monoisotopic (exact) mass is 266 g/mol. The highest BCUT2D eigenvalue weighted by Gasteiger charge is 2.30. The van der Waals surface area contributed by atoms with E-state index in [1.807, 2.05) is 18.2 Å². The normalized spacial score (nSPS) is 27.1. The summed E-state index contributed by atoms with van der Waals surface area (Å²) in [7, 11) is 0. The predicted molar refractivity (Wildman–Crippen MR) is 77.8 cm³/mol. The lowest BCUT2D eigenvalue weighted by molar-refractivity contribution is 0.0710. The summed E-state index contributed by atoms with van der Waals surface area (Å²) in [5.41, 5.74) is 7.25. The van der Waals surface area contributed by atoms with Crippen molar-refractivity contribution in [2.24, 2.45) is 11.7 Å². The maximum absolute atomic E-state index is 6.09. The first-order chi connectivity index (χ1) is 8.63. The van der Waals surface area contributed by atoms with E-state index >= 15 is 0 Å². The van der Waals surface area contributed by atoms with E-state index in [2.05, 4.69) is 24.8 Å².